The van der Waals surface area contributed by atoms with Crippen LogP contribution in [0.5, 0.6) is 0 Å². The number of anilines is 1. The van der Waals surface area contributed by atoms with E-state index in [2.05, 4.69) is 24.3 Å². The number of nitrogens with zero attached hydrogens (tertiary/aromatic N) is 2. The first-order valence-electron chi connectivity index (χ1n) is 8.85. The second kappa shape index (κ2) is 6.87. The Morgan fingerprint density at radius 3 is 2.65 bits per heavy atom. The topological polar surface area (TPSA) is 81.1 Å². The van der Waals surface area contributed by atoms with Crippen molar-refractivity contribution in [1.29, 1.82) is 0 Å². The van der Waals surface area contributed by atoms with Crippen molar-refractivity contribution in [3.05, 3.63) is 46.8 Å². The third kappa shape index (κ3) is 3.67. The first-order chi connectivity index (χ1) is 12.2. The summed E-state index contributed by atoms with van der Waals surface area (Å²) in [5.41, 5.74) is 4.01. The molecule has 1 saturated heterocycles. The van der Waals surface area contributed by atoms with E-state index in [-0.39, 0.29) is 29.4 Å². The molecule has 1 amide bonds. The molecule has 1 aromatic heterocycles. The highest BCUT2D eigenvalue weighted by atomic mass is 32.2. The summed E-state index contributed by atoms with van der Waals surface area (Å²) in [7, 11) is -3.00. The van der Waals surface area contributed by atoms with Crippen LogP contribution in [0, 0.1) is 13.8 Å². The number of amides is 1. The highest BCUT2D eigenvalue weighted by Crippen LogP contribution is 2.28. The van der Waals surface area contributed by atoms with E-state index in [0.29, 0.717) is 12.1 Å². The number of para-hydroxylation sites is 1. The fourth-order valence-electron chi connectivity index (χ4n) is 3.46. The Hall–Kier alpha value is -2.15. The van der Waals surface area contributed by atoms with Gasteiger partial charge in [0.1, 0.15) is 0 Å². The Bertz CT molecular complexity index is 945. The Morgan fingerprint density at radius 2 is 2.04 bits per heavy atom. The molecular weight excluding hydrogens is 350 g/mol. The van der Waals surface area contributed by atoms with Gasteiger partial charge in [0, 0.05) is 11.4 Å². The molecule has 1 fully saturated rings. The quantitative estimate of drug-likeness (QED) is 0.889. The summed E-state index contributed by atoms with van der Waals surface area (Å²) in [5, 5.41) is 7.39. The van der Waals surface area contributed by atoms with Gasteiger partial charge in [-0.3, -0.25) is 9.48 Å². The van der Waals surface area contributed by atoms with Crippen LogP contribution in [-0.4, -0.2) is 35.6 Å². The Balaban J connectivity index is 1.85. The normalized spacial score (nSPS) is 19.0. The molecule has 1 aliphatic rings. The Kier molecular flexibility index (Phi) is 4.92. The van der Waals surface area contributed by atoms with Crippen LogP contribution < -0.4 is 5.32 Å². The number of carbonyl (C=O) groups is 1. The summed E-state index contributed by atoms with van der Waals surface area (Å²) in [6, 6.07) is 7.49. The zero-order chi connectivity index (χ0) is 19.1. The van der Waals surface area contributed by atoms with Gasteiger partial charge < -0.3 is 5.32 Å². The number of aryl methyl sites for hydroxylation is 2. The van der Waals surface area contributed by atoms with E-state index >= 15 is 0 Å². The maximum atomic E-state index is 12.7. The van der Waals surface area contributed by atoms with E-state index in [1.165, 1.54) is 0 Å². The van der Waals surface area contributed by atoms with Gasteiger partial charge in [-0.25, -0.2) is 8.42 Å². The van der Waals surface area contributed by atoms with Crippen LogP contribution in [0.15, 0.2) is 24.3 Å². The second-order valence-electron chi connectivity index (χ2n) is 7.32. The Morgan fingerprint density at radius 1 is 1.31 bits per heavy atom. The van der Waals surface area contributed by atoms with Crippen molar-refractivity contribution in [3.63, 3.8) is 0 Å². The first kappa shape index (κ1) is 18.6. The fourth-order valence-corrected chi connectivity index (χ4v) is 5.15. The summed E-state index contributed by atoms with van der Waals surface area (Å²) in [5.74, 6) is 0.280. The largest absolute Gasteiger partial charge is 0.320 e. The number of carbonyl (C=O) groups excluding carboxylic acids is 1. The van der Waals surface area contributed by atoms with Crippen molar-refractivity contribution >= 4 is 21.4 Å². The van der Waals surface area contributed by atoms with Gasteiger partial charge in [-0.05, 0) is 43.4 Å². The van der Waals surface area contributed by atoms with Gasteiger partial charge in [0.2, 0.25) is 0 Å². The fraction of sp³-hybridized carbons (Fsp3) is 0.474. The minimum atomic E-state index is -3.00. The molecule has 1 aliphatic heterocycles. The van der Waals surface area contributed by atoms with E-state index in [9.17, 15) is 13.2 Å². The monoisotopic (exact) mass is 375 g/mol. The minimum Gasteiger partial charge on any atom is -0.320 e. The summed E-state index contributed by atoms with van der Waals surface area (Å²) in [6.45, 7) is 7.99. The van der Waals surface area contributed by atoms with Crippen LogP contribution in [0.1, 0.15) is 59.5 Å². The van der Waals surface area contributed by atoms with Crippen LogP contribution >= 0.6 is 0 Å². The van der Waals surface area contributed by atoms with Crippen LogP contribution in [-0.2, 0) is 9.84 Å². The minimum absolute atomic E-state index is 0.0892. The molecule has 0 aliphatic carbocycles. The number of aromatic nitrogens is 2. The maximum absolute atomic E-state index is 12.7. The van der Waals surface area contributed by atoms with Crippen LogP contribution in [0.2, 0.25) is 0 Å². The summed E-state index contributed by atoms with van der Waals surface area (Å²) >= 11 is 0. The Labute approximate surface area is 154 Å². The average molecular weight is 375 g/mol. The second-order valence-corrected chi connectivity index (χ2v) is 9.55. The predicted octanol–water partition coefficient (Wildman–Crippen LogP) is 3.24. The van der Waals surface area contributed by atoms with Gasteiger partial charge in [0.15, 0.2) is 15.5 Å². The molecule has 6 nitrogen and oxygen atoms in total. The predicted molar refractivity (Wildman–Crippen MR) is 102 cm³/mol. The lowest BCUT2D eigenvalue weighted by molar-refractivity contribution is 0.102. The van der Waals surface area contributed by atoms with Gasteiger partial charge in [0.05, 0.1) is 17.5 Å². The van der Waals surface area contributed by atoms with Crippen molar-refractivity contribution in [3.8, 4) is 0 Å². The van der Waals surface area contributed by atoms with Crippen molar-refractivity contribution in [2.45, 2.75) is 46.1 Å². The summed E-state index contributed by atoms with van der Waals surface area (Å²) < 4.78 is 25.1. The molecule has 1 N–H and O–H groups in total. The third-order valence-corrected chi connectivity index (χ3v) is 6.63. The van der Waals surface area contributed by atoms with Crippen LogP contribution in [0.3, 0.4) is 0 Å². The van der Waals surface area contributed by atoms with Crippen molar-refractivity contribution in [2.24, 2.45) is 0 Å². The smallest absolute Gasteiger partial charge is 0.276 e. The number of hydrogen-bond acceptors (Lipinski definition) is 4. The lowest BCUT2D eigenvalue weighted by Crippen LogP contribution is -2.17. The molecule has 0 bridgehead atoms. The molecule has 2 heterocycles. The first-order valence-corrected chi connectivity index (χ1v) is 10.7. The molecular formula is C19H25N3O3S. The molecule has 0 saturated carbocycles. The molecule has 1 atom stereocenters. The molecule has 1 aromatic carbocycles. The highest BCUT2D eigenvalue weighted by Gasteiger charge is 2.31. The molecule has 140 valence electrons. The lowest BCUT2D eigenvalue weighted by Gasteiger charge is -2.16. The van der Waals surface area contributed by atoms with Gasteiger partial charge >= 0.3 is 0 Å². The standard InChI is InChI=1S/C19H25N3O3S/c1-12(2)16-7-5-6-13(3)18(16)20-19(23)17-10-14(4)22(21-17)15-8-9-26(24,25)11-15/h5-7,10,12,15H,8-9,11H2,1-4H3,(H,20,23). The van der Waals surface area contributed by atoms with Gasteiger partial charge in [-0.15, -0.1) is 0 Å². The molecule has 1 unspecified atom stereocenters. The van der Waals surface area contributed by atoms with Gasteiger partial charge in [0.25, 0.3) is 5.91 Å². The summed E-state index contributed by atoms with van der Waals surface area (Å²) in [4.78, 5) is 12.7. The maximum Gasteiger partial charge on any atom is 0.276 e. The van der Waals surface area contributed by atoms with E-state index in [0.717, 1.165) is 22.5 Å². The van der Waals surface area contributed by atoms with E-state index in [1.807, 2.05) is 32.0 Å². The van der Waals surface area contributed by atoms with Gasteiger partial charge in [-0.2, -0.15) is 5.10 Å². The number of rotatable bonds is 4. The zero-order valence-electron chi connectivity index (χ0n) is 15.6. The molecule has 0 radical (unpaired) electrons. The molecule has 7 heteroatoms. The van der Waals surface area contributed by atoms with Gasteiger partial charge in [-0.1, -0.05) is 32.0 Å². The van der Waals surface area contributed by atoms with E-state index < -0.39 is 9.84 Å². The summed E-state index contributed by atoms with van der Waals surface area (Å²) in [6.07, 6.45) is 0.543. The molecule has 26 heavy (non-hydrogen) atoms. The molecule has 3 rings (SSSR count). The number of benzene rings is 1. The van der Waals surface area contributed by atoms with Crippen molar-refractivity contribution in [1.82, 2.24) is 9.78 Å². The number of sulfone groups is 1. The number of hydrogen-bond donors (Lipinski definition) is 1. The molecule has 2 aromatic rings. The number of nitrogens with one attached hydrogen (secondary N) is 1. The SMILES string of the molecule is Cc1cccc(C(C)C)c1NC(=O)c1cc(C)n(C2CCS(=O)(=O)C2)n1. The lowest BCUT2D eigenvalue weighted by atomic mass is 9.98. The van der Waals surface area contributed by atoms with Crippen molar-refractivity contribution in [2.75, 3.05) is 16.8 Å². The highest BCUT2D eigenvalue weighted by molar-refractivity contribution is 7.91. The van der Waals surface area contributed by atoms with E-state index in [1.54, 1.807) is 10.7 Å². The molecule has 0 spiro atoms. The zero-order valence-corrected chi connectivity index (χ0v) is 16.4. The van der Waals surface area contributed by atoms with E-state index in [4.69, 9.17) is 0 Å². The third-order valence-electron chi connectivity index (χ3n) is 4.87. The van der Waals surface area contributed by atoms with Crippen LogP contribution in [0.25, 0.3) is 0 Å². The average Bonchev–Trinajstić information content (AvgIpc) is 3.11. The van der Waals surface area contributed by atoms with Crippen molar-refractivity contribution < 1.29 is 13.2 Å². The van der Waals surface area contributed by atoms with Crippen LogP contribution in [0.4, 0.5) is 5.69 Å².